The second-order valence-corrected chi connectivity index (χ2v) is 4.34. The van der Waals surface area contributed by atoms with Crippen LogP contribution >= 0.6 is 0 Å². The molecule has 0 aliphatic rings. The minimum atomic E-state index is -0.653. The molecule has 2 nitrogen and oxygen atoms in total. The predicted molar refractivity (Wildman–Crippen MR) is 59.3 cm³/mol. The minimum absolute atomic E-state index is 0.343. The topological polar surface area (TPSA) is 37.3 Å². The fraction of sp³-hybridized carbons (Fsp3) is 0.917. The average molecular weight is 200 g/mol. The van der Waals surface area contributed by atoms with Crippen molar-refractivity contribution in [3.63, 3.8) is 0 Å². The summed E-state index contributed by atoms with van der Waals surface area (Å²) in [5.41, 5.74) is 0. The van der Waals surface area contributed by atoms with Gasteiger partial charge in [0.05, 0.1) is 0 Å². The first-order chi connectivity index (χ1) is 6.60. The number of carboxylic acids is 1. The molecule has 0 aromatic carbocycles. The Morgan fingerprint density at radius 3 is 2.29 bits per heavy atom. The SMILES string of the molecule is CCCC(C)CCC(CC)CC(=O)O. The lowest BCUT2D eigenvalue weighted by Crippen LogP contribution is -2.08. The standard InChI is InChI=1S/C12H24O2/c1-4-6-10(3)7-8-11(5-2)9-12(13)14/h10-11H,4-9H2,1-3H3,(H,13,14). The maximum absolute atomic E-state index is 10.5. The lowest BCUT2D eigenvalue weighted by atomic mass is 9.91. The largest absolute Gasteiger partial charge is 0.481 e. The van der Waals surface area contributed by atoms with Crippen molar-refractivity contribution in [1.29, 1.82) is 0 Å². The van der Waals surface area contributed by atoms with Crippen molar-refractivity contribution in [3.8, 4) is 0 Å². The summed E-state index contributed by atoms with van der Waals surface area (Å²) < 4.78 is 0. The fourth-order valence-corrected chi connectivity index (χ4v) is 1.85. The molecule has 1 N–H and O–H groups in total. The predicted octanol–water partition coefficient (Wildman–Crippen LogP) is 3.70. The maximum Gasteiger partial charge on any atom is 0.303 e. The first-order valence-corrected chi connectivity index (χ1v) is 5.81. The van der Waals surface area contributed by atoms with Gasteiger partial charge in [-0.25, -0.2) is 0 Å². The number of aliphatic carboxylic acids is 1. The van der Waals surface area contributed by atoms with Crippen LogP contribution in [0.15, 0.2) is 0 Å². The average Bonchev–Trinajstić information content (AvgIpc) is 2.12. The Balaban J connectivity index is 3.66. The van der Waals surface area contributed by atoms with Gasteiger partial charge in [0.2, 0.25) is 0 Å². The summed E-state index contributed by atoms with van der Waals surface area (Å²) >= 11 is 0. The molecule has 0 fully saturated rings. The summed E-state index contributed by atoms with van der Waals surface area (Å²) in [5.74, 6) is 0.481. The van der Waals surface area contributed by atoms with E-state index < -0.39 is 5.97 Å². The van der Waals surface area contributed by atoms with Gasteiger partial charge in [-0.2, -0.15) is 0 Å². The van der Waals surface area contributed by atoms with Crippen molar-refractivity contribution >= 4 is 5.97 Å². The first-order valence-electron chi connectivity index (χ1n) is 5.81. The van der Waals surface area contributed by atoms with Gasteiger partial charge in [-0.3, -0.25) is 4.79 Å². The quantitative estimate of drug-likeness (QED) is 0.648. The third kappa shape index (κ3) is 6.93. The summed E-state index contributed by atoms with van der Waals surface area (Å²) in [5, 5.41) is 8.68. The van der Waals surface area contributed by atoms with E-state index in [-0.39, 0.29) is 0 Å². The second kappa shape index (κ2) is 7.84. The van der Waals surface area contributed by atoms with Crippen LogP contribution in [-0.2, 0) is 4.79 Å². The summed E-state index contributed by atoms with van der Waals surface area (Å²) in [7, 11) is 0. The van der Waals surface area contributed by atoms with E-state index in [0.29, 0.717) is 12.3 Å². The molecule has 0 spiro atoms. The van der Waals surface area contributed by atoms with Crippen LogP contribution in [0.2, 0.25) is 0 Å². The molecule has 0 radical (unpaired) electrons. The molecular weight excluding hydrogens is 176 g/mol. The van der Waals surface area contributed by atoms with E-state index >= 15 is 0 Å². The molecule has 0 bridgehead atoms. The number of hydrogen-bond donors (Lipinski definition) is 1. The van der Waals surface area contributed by atoms with Crippen LogP contribution in [-0.4, -0.2) is 11.1 Å². The molecule has 0 aliphatic carbocycles. The Labute approximate surface area is 87.7 Å². The minimum Gasteiger partial charge on any atom is -0.481 e. The van der Waals surface area contributed by atoms with Gasteiger partial charge in [0.25, 0.3) is 0 Å². The summed E-state index contributed by atoms with van der Waals surface area (Å²) in [6, 6.07) is 0. The van der Waals surface area contributed by atoms with Gasteiger partial charge in [0, 0.05) is 6.42 Å². The molecule has 0 rings (SSSR count). The van der Waals surface area contributed by atoms with Gasteiger partial charge in [-0.05, 0) is 18.3 Å². The van der Waals surface area contributed by atoms with Crippen molar-refractivity contribution in [2.75, 3.05) is 0 Å². The summed E-state index contributed by atoms with van der Waals surface area (Å²) in [6.07, 6.45) is 6.09. The molecule has 2 heteroatoms. The van der Waals surface area contributed by atoms with E-state index in [1.807, 2.05) is 0 Å². The van der Waals surface area contributed by atoms with Crippen LogP contribution in [0.4, 0.5) is 0 Å². The maximum atomic E-state index is 10.5. The molecule has 0 saturated carbocycles. The van der Waals surface area contributed by atoms with E-state index in [9.17, 15) is 4.79 Å². The summed E-state index contributed by atoms with van der Waals surface area (Å²) in [6.45, 7) is 6.54. The molecule has 0 amide bonds. The molecule has 14 heavy (non-hydrogen) atoms. The van der Waals surface area contributed by atoms with Crippen LogP contribution in [0.5, 0.6) is 0 Å². The Morgan fingerprint density at radius 1 is 1.21 bits per heavy atom. The van der Waals surface area contributed by atoms with Crippen molar-refractivity contribution in [3.05, 3.63) is 0 Å². The van der Waals surface area contributed by atoms with Crippen LogP contribution < -0.4 is 0 Å². The smallest absolute Gasteiger partial charge is 0.303 e. The fourth-order valence-electron chi connectivity index (χ4n) is 1.85. The van der Waals surface area contributed by atoms with Gasteiger partial charge in [-0.15, -0.1) is 0 Å². The van der Waals surface area contributed by atoms with E-state index in [2.05, 4.69) is 20.8 Å². The number of carboxylic acid groups (broad SMARTS) is 1. The molecule has 84 valence electrons. The first kappa shape index (κ1) is 13.5. The van der Waals surface area contributed by atoms with Crippen LogP contribution in [0.25, 0.3) is 0 Å². The lowest BCUT2D eigenvalue weighted by molar-refractivity contribution is -0.138. The normalized spacial score (nSPS) is 15.1. The van der Waals surface area contributed by atoms with Gasteiger partial charge in [0.15, 0.2) is 0 Å². The van der Waals surface area contributed by atoms with E-state index in [4.69, 9.17) is 5.11 Å². The van der Waals surface area contributed by atoms with E-state index in [1.54, 1.807) is 0 Å². The van der Waals surface area contributed by atoms with E-state index in [0.717, 1.165) is 18.8 Å². The van der Waals surface area contributed by atoms with Crippen LogP contribution in [0, 0.1) is 11.8 Å². The zero-order valence-corrected chi connectivity index (χ0v) is 9.75. The zero-order chi connectivity index (χ0) is 11.0. The van der Waals surface area contributed by atoms with Crippen LogP contribution in [0.3, 0.4) is 0 Å². The highest BCUT2D eigenvalue weighted by Crippen LogP contribution is 2.21. The molecule has 0 heterocycles. The third-order valence-corrected chi connectivity index (χ3v) is 2.89. The number of carbonyl (C=O) groups is 1. The highest BCUT2D eigenvalue weighted by atomic mass is 16.4. The molecule has 0 aromatic heterocycles. The van der Waals surface area contributed by atoms with Crippen molar-refractivity contribution < 1.29 is 9.90 Å². The lowest BCUT2D eigenvalue weighted by Gasteiger charge is -2.15. The van der Waals surface area contributed by atoms with Gasteiger partial charge in [0.1, 0.15) is 0 Å². The number of rotatable bonds is 8. The molecule has 0 saturated heterocycles. The van der Waals surface area contributed by atoms with Gasteiger partial charge >= 0.3 is 5.97 Å². The molecule has 0 aliphatic heterocycles. The highest BCUT2D eigenvalue weighted by Gasteiger charge is 2.12. The van der Waals surface area contributed by atoms with Crippen LogP contribution in [0.1, 0.15) is 59.3 Å². The Bertz CT molecular complexity index is 154. The van der Waals surface area contributed by atoms with Crippen molar-refractivity contribution in [2.45, 2.75) is 59.3 Å². The monoisotopic (exact) mass is 200 g/mol. The Morgan fingerprint density at radius 2 is 1.86 bits per heavy atom. The number of hydrogen-bond acceptors (Lipinski definition) is 1. The molecule has 2 atom stereocenters. The Kier molecular flexibility index (Phi) is 7.54. The summed E-state index contributed by atoms with van der Waals surface area (Å²) in [4.78, 5) is 10.5. The molecular formula is C12H24O2. The second-order valence-electron chi connectivity index (χ2n) is 4.34. The highest BCUT2D eigenvalue weighted by molar-refractivity contribution is 5.66. The third-order valence-electron chi connectivity index (χ3n) is 2.89. The van der Waals surface area contributed by atoms with E-state index in [1.165, 1.54) is 19.3 Å². The van der Waals surface area contributed by atoms with Crippen molar-refractivity contribution in [1.82, 2.24) is 0 Å². The molecule has 0 aromatic rings. The van der Waals surface area contributed by atoms with Gasteiger partial charge in [-0.1, -0.05) is 46.5 Å². The molecule has 2 unspecified atom stereocenters. The van der Waals surface area contributed by atoms with Gasteiger partial charge < -0.3 is 5.11 Å². The zero-order valence-electron chi connectivity index (χ0n) is 9.75. The Hall–Kier alpha value is -0.530. The van der Waals surface area contributed by atoms with Crippen molar-refractivity contribution in [2.24, 2.45) is 11.8 Å².